The molecule has 0 aliphatic rings. The lowest BCUT2D eigenvalue weighted by Crippen LogP contribution is -2.30. The summed E-state index contributed by atoms with van der Waals surface area (Å²) in [6.07, 6.45) is 0.325. The number of carbonyl (C=O) groups is 1. The van der Waals surface area contributed by atoms with E-state index in [-0.39, 0.29) is 4.90 Å². The van der Waals surface area contributed by atoms with E-state index in [4.69, 9.17) is 16.3 Å². The quantitative estimate of drug-likeness (QED) is 0.746. The largest absolute Gasteiger partial charge is 0.480 e. The number of hydrogen-bond donors (Lipinski definition) is 1. The third-order valence-electron chi connectivity index (χ3n) is 3.46. The second-order valence-electron chi connectivity index (χ2n) is 5.57. The Morgan fingerprint density at radius 1 is 1.24 bits per heavy atom. The van der Waals surface area contributed by atoms with Crippen molar-refractivity contribution >= 4 is 49.0 Å². The lowest BCUT2D eigenvalue weighted by Gasteiger charge is -2.17. The Morgan fingerprint density at radius 3 is 2.52 bits per heavy atom. The van der Waals surface area contributed by atoms with E-state index in [1.54, 1.807) is 38.1 Å². The predicted molar refractivity (Wildman–Crippen MR) is 102 cm³/mol. The highest BCUT2D eigenvalue weighted by Gasteiger charge is 2.18. The van der Waals surface area contributed by atoms with Crippen molar-refractivity contribution in [2.45, 2.75) is 24.8 Å². The maximum atomic E-state index is 12.4. The molecule has 0 unspecified atom stereocenters. The number of anilines is 1. The zero-order valence-corrected chi connectivity index (χ0v) is 17.0. The summed E-state index contributed by atoms with van der Waals surface area (Å²) in [7, 11) is -3.36. The number of aryl methyl sites for hydroxylation is 1. The Bertz CT molecular complexity index is 915. The van der Waals surface area contributed by atoms with Crippen LogP contribution in [0.4, 0.5) is 5.69 Å². The molecule has 2 rings (SSSR count). The van der Waals surface area contributed by atoms with Gasteiger partial charge in [0.25, 0.3) is 5.91 Å². The van der Waals surface area contributed by atoms with Crippen molar-refractivity contribution in [3.05, 3.63) is 51.5 Å². The van der Waals surface area contributed by atoms with Gasteiger partial charge in [-0.05, 0) is 65.7 Å². The molecule has 0 bridgehead atoms. The van der Waals surface area contributed by atoms with Gasteiger partial charge in [-0.3, -0.25) is 4.79 Å². The van der Waals surface area contributed by atoms with E-state index >= 15 is 0 Å². The maximum Gasteiger partial charge on any atom is 0.265 e. The van der Waals surface area contributed by atoms with Crippen LogP contribution in [0, 0.1) is 6.92 Å². The minimum Gasteiger partial charge on any atom is -0.480 e. The molecule has 0 radical (unpaired) electrons. The molecule has 0 saturated heterocycles. The number of hydrogen-bond acceptors (Lipinski definition) is 4. The number of rotatable bonds is 5. The van der Waals surface area contributed by atoms with E-state index in [0.717, 1.165) is 11.8 Å². The van der Waals surface area contributed by atoms with Crippen LogP contribution in [0.25, 0.3) is 0 Å². The highest BCUT2D eigenvalue weighted by molar-refractivity contribution is 9.10. The molecule has 0 saturated carbocycles. The fourth-order valence-corrected chi connectivity index (χ4v) is 3.44. The molecule has 1 N–H and O–H groups in total. The highest BCUT2D eigenvalue weighted by atomic mass is 79.9. The van der Waals surface area contributed by atoms with Gasteiger partial charge in [-0.25, -0.2) is 8.42 Å². The van der Waals surface area contributed by atoms with Crippen molar-refractivity contribution in [2.24, 2.45) is 0 Å². The molecule has 0 heterocycles. The average Bonchev–Trinajstić information content (AvgIpc) is 2.50. The summed E-state index contributed by atoms with van der Waals surface area (Å²) in [5.41, 5.74) is 1.18. The Morgan fingerprint density at radius 2 is 1.92 bits per heavy atom. The molecule has 0 spiro atoms. The maximum absolute atomic E-state index is 12.4. The van der Waals surface area contributed by atoms with Crippen LogP contribution in [0.15, 0.2) is 45.8 Å². The number of halogens is 2. The molecule has 8 heteroatoms. The highest BCUT2D eigenvalue weighted by Crippen LogP contribution is 2.29. The van der Waals surface area contributed by atoms with Crippen molar-refractivity contribution in [1.29, 1.82) is 0 Å². The van der Waals surface area contributed by atoms with Crippen molar-refractivity contribution in [3.63, 3.8) is 0 Å². The Kier molecular flexibility index (Phi) is 6.13. The van der Waals surface area contributed by atoms with Gasteiger partial charge in [0.05, 0.1) is 9.37 Å². The smallest absolute Gasteiger partial charge is 0.265 e. The summed E-state index contributed by atoms with van der Waals surface area (Å²) in [5.74, 6) is 0.0873. The normalized spacial score (nSPS) is 12.5. The minimum absolute atomic E-state index is 0.141. The van der Waals surface area contributed by atoms with Gasteiger partial charge >= 0.3 is 0 Å². The zero-order valence-electron chi connectivity index (χ0n) is 13.8. The first-order chi connectivity index (χ1) is 11.6. The van der Waals surface area contributed by atoms with Crippen LogP contribution >= 0.6 is 27.5 Å². The predicted octanol–water partition coefficient (Wildman–Crippen LogP) is 4.22. The number of benzene rings is 2. The van der Waals surface area contributed by atoms with Crippen LogP contribution in [-0.4, -0.2) is 26.7 Å². The molecule has 1 atom stereocenters. The van der Waals surface area contributed by atoms with E-state index in [0.29, 0.717) is 20.9 Å². The first kappa shape index (κ1) is 19.8. The molecular weight excluding hydrogens is 430 g/mol. The number of amides is 1. The lowest BCUT2D eigenvalue weighted by atomic mass is 10.2. The number of nitrogens with one attached hydrogen (secondary N) is 1. The Hall–Kier alpha value is -1.57. The van der Waals surface area contributed by atoms with E-state index in [1.165, 1.54) is 12.1 Å². The average molecular weight is 447 g/mol. The Balaban J connectivity index is 2.16. The molecule has 25 heavy (non-hydrogen) atoms. The van der Waals surface area contributed by atoms with Gasteiger partial charge in [-0.15, -0.1) is 0 Å². The lowest BCUT2D eigenvalue weighted by molar-refractivity contribution is -0.122. The van der Waals surface area contributed by atoms with Crippen LogP contribution in [0.1, 0.15) is 12.5 Å². The molecule has 2 aromatic rings. The molecule has 0 fully saturated rings. The van der Waals surface area contributed by atoms with E-state index in [2.05, 4.69) is 21.2 Å². The van der Waals surface area contributed by atoms with Gasteiger partial charge in [0.2, 0.25) is 0 Å². The summed E-state index contributed by atoms with van der Waals surface area (Å²) in [5, 5.41) is 3.25. The topological polar surface area (TPSA) is 72.5 Å². The Labute approximate surface area is 160 Å². The van der Waals surface area contributed by atoms with Gasteiger partial charge in [-0.2, -0.15) is 0 Å². The zero-order chi connectivity index (χ0) is 18.8. The second-order valence-corrected chi connectivity index (χ2v) is 8.88. The first-order valence-electron chi connectivity index (χ1n) is 7.31. The fourth-order valence-electron chi connectivity index (χ4n) is 2.02. The molecule has 0 aromatic heterocycles. The first-order valence-corrected chi connectivity index (χ1v) is 10.4. The monoisotopic (exact) mass is 445 g/mol. The van der Waals surface area contributed by atoms with Gasteiger partial charge in [0.15, 0.2) is 15.9 Å². The van der Waals surface area contributed by atoms with Crippen LogP contribution < -0.4 is 10.1 Å². The minimum atomic E-state index is -3.36. The van der Waals surface area contributed by atoms with Gasteiger partial charge < -0.3 is 10.1 Å². The number of sulfone groups is 1. The molecule has 0 aliphatic carbocycles. The molecule has 134 valence electrons. The van der Waals surface area contributed by atoms with Gasteiger partial charge in [-0.1, -0.05) is 17.7 Å². The van der Waals surface area contributed by atoms with E-state index < -0.39 is 21.8 Å². The number of ether oxygens (including phenoxy) is 1. The van der Waals surface area contributed by atoms with Crippen molar-refractivity contribution in [1.82, 2.24) is 0 Å². The summed E-state index contributed by atoms with van der Waals surface area (Å²) >= 11 is 9.21. The summed E-state index contributed by atoms with van der Waals surface area (Å²) in [6, 6.07) is 9.57. The van der Waals surface area contributed by atoms with Crippen molar-refractivity contribution < 1.29 is 17.9 Å². The fraction of sp³-hybridized carbons (Fsp3) is 0.235. The van der Waals surface area contributed by atoms with Crippen molar-refractivity contribution in [3.8, 4) is 5.75 Å². The third kappa shape index (κ3) is 5.20. The molecule has 1 amide bonds. The third-order valence-corrected chi connectivity index (χ3v) is 5.43. The van der Waals surface area contributed by atoms with Crippen molar-refractivity contribution in [2.75, 3.05) is 11.6 Å². The summed E-state index contributed by atoms with van der Waals surface area (Å²) < 4.78 is 29.6. The molecular formula is C17H17BrClNO4S. The number of carbonyl (C=O) groups excluding carboxylic acids is 1. The molecule has 2 aromatic carbocycles. The summed E-state index contributed by atoms with van der Waals surface area (Å²) in [6.45, 7) is 3.38. The standard InChI is InChI=1S/C17H17BrClNO4S/c1-10-4-6-13(25(3,22)23)9-15(10)20-17(21)11(2)24-16-7-5-12(19)8-14(16)18/h4-9,11H,1-3H3,(H,20,21)/t11-/m0/s1. The second kappa shape index (κ2) is 7.76. The van der Waals surface area contributed by atoms with E-state index in [9.17, 15) is 13.2 Å². The van der Waals surface area contributed by atoms with Crippen LogP contribution in [0.3, 0.4) is 0 Å². The molecule has 5 nitrogen and oxygen atoms in total. The van der Waals surface area contributed by atoms with Crippen LogP contribution in [0.2, 0.25) is 5.02 Å². The van der Waals surface area contributed by atoms with Gasteiger partial charge in [0.1, 0.15) is 5.75 Å². The van der Waals surface area contributed by atoms with E-state index in [1.807, 2.05) is 0 Å². The van der Waals surface area contributed by atoms with Gasteiger partial charge in [0, 0.05) is 17.0 Å². The van der Waals surface area contributed by atoms with Crippen LogP contribution in [0.5, 0.6) is 5.75 Å². The summed E-state index contributed by atoms with van der Waals surface area (Å²) in [4.78, 5) is 12.5. The SMILES string of the molecule is Cc1ccc(S(C)(=O)=O)cc1NC(=O)[C@H](C)Oc1ccc(Cl)cc1Br. The van der Waals surface area contributed by atoms with Crippen LogP contribution in [-0.2, 0) is 14.6 Å². The molecule has 0 aliphatic heterocycles.